The first-order valence-corrected chi connectivity index (χ1v) is 8.79. The summed E-state index contributed by atoms with van der Waals surface area (Å²) in [5.74, 6) is 0.600. The highest BCUT2D eigenvalue weighted by molar-refractivity contribution is 5.80. The molecule has 1 atom stereocenters. The van der Waals surface area contributed by atoms with Crippen molar-refractivity contribution in [1.82, 2.24) is 15.1 Å². The zero-order valence-electron chi connectivity index (χ0n) is 15.4. The Bertz CT molecular complexity index is 673. The van der Waals surface area contributed by atoms with E-state index in [0.717, 1.165) is 0 Å². The van der Waals surface area contributed by atoms with Crippen LogP contribution in [-0.2, 0) is 6.54 Å². The summed E-state index contributed by atoms with van der Waals surface area (Å²) in [7, 11) is 0. The van der Waals surface area contributed by atoms with Gasteiger partial charge in [0, 0.05) is 44.9 Å². The van der Waals surface area contributed by atoms with Crippen LogP contribution in [0.4, 0.5) is 18.9 Å². The zero-order valence-corrected chi connectivity index (χ0v) is 15.4. The molecule has 0 spiro atoms. The van der Waals surface area contributed by atoms with Crippen molar-refractivity contribution in [1.29, 1.82) is 0 Å². The predicted molar refractivity (Wildman–Crippen MR) is 96.6 cm³/mol. The highest BCUT2D eigenvalue weighted by Gasteiger charge is 2.41. The fourth-order valence-electron chi connectivity index (χ4n) is 2.89. The van der Waals surface area contributed by atoms with E-state index >= 15 is 0 Å². The smallest absolute Gasteiger partial charge is 0.357 e. The molecule has 0 bridgehead atoms. The van der Waals surface area contributed by atoms with Crippen LogP contribution in [0.3, 0.4) is 0 Å². The number of halogens is 3. The minimum absolute atomic E-state index is 0.00227. The summed E-state index contributed by atoms with van der Waals surface area (Å²) in [5, 5.41) is 14.0. The number of nitro benzene ring substituents is 1. The van der Waals surface area contributed by atoms with Crippen molar-refractivity contribution in [2.24, 2.45) is 4.99 Å². The first-order valence-electron chi connectivity index (χ1n) is 8.79. The molecule has 1 N–H and O–H groups in total. The summed E-state index contributed by atoms with van der Waals surface area (Å²) in [4.78, 5) is 18.2. The van der Waals surface area contributed by atoms with Crippen molar-refractivity contribution in [3.05, 3.63) is 39.9 Å². The summed E-state index contributed by atoms with van der Waals surface area (Å²) in [5.41, 5.74) is 0.700. The molecule has 0 aromatic heterocycles. The summed E-state index contributed by atoms with van der Waals surface area (Å²) < 4.78 is 38.6. The van der Waals surface area contributed by atoms with Crippen molar-refractivity contribution in [3.8, 4) is 0 Å². The molecule has 0 aliphatic carbocycles. The second-order valence-electron chi connectivity index (χ2n) is 6.34. The van der Waals surface area contributed by atoms with Crippen LogP contribution < -0.4 is 5.32 Å². The number of non-ortho nitro benzene ring substituents is 1. The quantitative estimate of drug-likeness (QED) is 0.364. The van der Waals surface area contributed by atoms with Gasteiger partial charge in [0.05, 0.1) is 11.5 Å². The van der Waals surface area contributed by atoms with Crippen molar-refractivity contribution in [2.75, 3.05) is 32.7 Å². The second-order valence-corrected chi connectivity index (χ2v) is 6.34. The van der Waals surface area contributed by atoms with Gasteiger partial charge in [-0.25, -0.2) is 4.99 Å². The van der Waals surface area contributed by atoms with Crippen LogP contribution in [0.1, 0.15) is 19.4 Å². The molecular formula is C17H24F3N5O2. The maximum absolute atomic E-state index is 12.9. The molecular weight excluding hydrogens is 363 g/mol. The lowest BCUT2D eigenvalue weighted by atomic mass is 10.2. The molecule has 2 rings (SSSR count). The van der Waals surface area contributed by atoms with Crippen molar-refractivity contribution >= 4 is 11.6 Å². The Kier molecular flexibility index (Phi) is 7.00. The number of nitrogens with one attached hydrogen (secondary N) is 1. The fourth-order valence-corrected chi connectivity index (χ4v) is 2.89. The second kappa shape index (κ2) is 9.03. The zero-order chi connectivity index (χ0) is 20.0. The summed E-state index contributed by atoms with van der Waals surface area (Å²) >= 11 is 0. The van der Waals surface area contributed by atoms with E-state index < -0.39 is 17.1 Å². The first-order chi connectivity index (χ1) is 12.7. The van der Waals surface area contributed by atoms with E-state index in [4.69, 9.17) is 0 Å². The lowest BCUT2D eigenvalue weighted by molar-refractivity contribution is -0.384. The van der Waals surface area contributed by atoms with Gasteiger partial charge >= 0.3 is 6.18 Å². The van der Waals surface area contributed by atoms with E-state index in [1.165, 1.54) is 24.0 Å². The maximum atomic E-state index is 12.9. The number of rotatable bonds is 5. The Morgan fingerprint density at radius 3 is 2.56 bits per heavy atom. The number of benzene rings is 1. The maximum Gasteiger partial charge on any atom is 0.403 e. The van der Waals surface area contributed by atoms with Gasteiger partial charge < -0.3 is 10.2 Å². The molecule has 150 valence electrons. The van der Waals surface area contributed by atoms with Crippen LogP contribution in [-0.4, -0.2) is 65.6 Å². The topological polar surface area (TPSA) is 74.0 Å². The van der Waals surface area contributed by atoms with Crippen LogP contribution in [0.25, 0.3) is 0 Å². The average molecular weight is 387 g/mol. The van der Waals surface area contributed by atoms with E-state index in [0.29, 0.717) is 44.2 Å². The van der Waals surface area contributed by atoms with Gasteiger partial charge in [-0.2, -0.15) is 13.2 Å². The third kappa shape index (κ3) is 5.81. The van der Waals surface area contributed by atoms with Crippen LogP contribution in [0.5, 0.6) is 0 Å². The molecule has 0 saturated carbocycles. The van der Waals surface area contributed by atoms with E-state index in [-0.39, 0.29) is 12.2 Å². The third-order valence-corrected chi connectivity index (χ3v) is 4.50. The molecule has 0 amide bonds. The number of aliphatic imine (C=N–C) groups is 1. The van der Waals surface area contributed by atoms with E-state index in [1.807, 2.05) is 11.8 Å². The van der Waals surface area contributed by atoms with Crippen LogP contribution in [0.15, 0.2) is 29.3 Å². The lowest BCUT2D eigenvalue weighted by Crippen LogP contribution is -2.56. The van der Waals surface area contributed by atoms with Crippen LogP contribution >= 0.6 is 0 Å². The Morgan fingerprint density at radius 2 is 2.00 bits per heavy atom. The van der Waals surface area contributed by atoms with Crippen LogP contribution in [0.2, 0.25) is 0 Å². The number of nitro groups is 1. The van der Waals surface area contributed by atoms with Gasteiger partial charge in [0.15, 0.2) is 5.96 Å². The molecule has 1 saturated heterocycles. The van der Waals surface area contributed by atoms with Gasteiger partial charge in [-0.1, -0.05) is 12.1 Å². The Morgan fingerprint density at radius 1 is 1.33 bits per heavy atom. The fraction of sp³-hybridized carbons (Fsp3) is 0.588. The minimum Gasteiger partial charge on any atom is -0.357 e. The van der Waals surface area contributed by atoms with E-state index in [2.05, 4.69) is 10.3 Å². The van der Waals surface area contributed by atoms with Gasteiger partial charge in [0.25, 0.3) is 5.69 Å². The van der Waals surface area contributed by atoms with Crippen LogP contribution in [0, 0.1) is 10.1 Å². The number of nitrogens with zero attached hydrogens (tertiary/aromatic N) is 4. The largest absolute Gasteiger partial charge is 0.403 e. The molecule has 1 unspecified atom stereocenters. The normalized spacial score (nSPS) is 17.7. The Labute approximate surface area is 156 Å². The number of guanidine groups is 1. The SMILES string of the molecule is CCNC(=NCc1cccc([N+](=O)[O-])c1)N1CCN(C(C)C(F)(F)F)CC1. The average Bonchev–Trinajstić information content (AvgIpc) is 2.64. The molecule has 1 aliphatic heterocycles. The molecule has 27 heavy (non-hydrogen) atoms. The molecule has 1 aromatic rings. The number of alkyl halides is 3. The molecule has 1 aromatic carbocycles. The standard InChI is InChI=1S/C17H24F3N5O2/c1-3-21-16(22-12-14-5-4-6-15(11-14)25(26)27)24-9-7-23(8-10-24)13(2)17(18,19)20/h4-6,11,13H,3,7-10,12H2,1-2H3,(H,21,22). The van der Waals surface area contributed by atoms with Gasteiger partial charge in [0.1, 0.15) is 6.04 Å². The molecule has 0 radical (unpaired) electrons. The summed E-state index contributed by atoms with van der Waals surface area (Å²) in [6.45, 7) is 5.41. The summed E-state index contributed by atoms with van der Waals surface area (Å²) in [6, 6.07) is 4.77. The summed E-state index contributed by atoms with van der Waals surface area (Å²) in [6.07, 6.45) is -4.23. The Balaban J connectivity index is 2.02. The minimum atomic E-state index is -4.23. The first kappa shape index (κ1) is 20.9. The molecule has 1 heterocycles. The number of hydrogen-bond donors (Lipinski definition) is 1. The third-order valence-electron chi connectivity index (χ3n) is 4.50. The van der Waals surface area contributed by atoms with Gasteiger partial charge in [-0.05, 0) is 19.4 Å². The van der Waals surface area contributed by atoms with Gasteiger partial charge in [-0.15, -0.1) is 0 Å². The highest BCUT2D eigenvalue weighted by atomic mass is 19.4. The van der Waals surface area contributed by atoms with Crippen molar-refractivity contribution < 1.29 is 18.1 Å². The van der Waals surface area contributed by atoms with Crippen molar-refractivity contribution in [3.63, 3.8) is 0 Å². The van der Waals surface area contributed by atoms with Gasteiger partial charge in [0.2, 0.25) is 0 Å². The van der Waals surface area contributed by atoms with E-state index in [9.17, 15) is 23.3 Å². The predicted octanol–water partition coefficient (Wildman–Crippen LogP) is 2.63. The number of piperazine rings is 1. The number of hydrogen-bond acceptors (Lipinski definition) is 4. The van der Waals surface area contributed by atoms with Gasteiger partial charge in [-0.3, -0.25) is 15.0 Å². The highest BCUT2D eigenvalue weighted by Crippen LogP contribution is 2.25. The molecule has 10 heteroatoms. The lowest BCUT2D eigenvalue weighted by Gasteiger charge is -2.39. The Hall–Kier alpha value is -2.36. The van der Waals surface area contributed by atoms with Crippen molar-refractivity contribution in [2.45, 2.75) is 32.6 Å². The molecule has 7 nitrogen and oxygen atoms in total. The monoisotopic (exact) mass is 387 g/mol. The van der Waals surface area contributed by atoms with E-state index in [1.54, 1.807) is 12.1 Å². The molecule has 1 aliphatic rings. The molecule has 1 fully saturated rings.